The number of hydrogen-bond donors (Lipinski definition) is 2. The number of likely N-dealkylation sites (N-methyl/N-ethyl adjacent to an activating group) is 1. The lowest BCUT2D eigenvalue weighted by atomic mass is 10.2. The van der Waals surface area contributed by atoms with Gasteiger partial charge in [-0.15, -0.1) is 0 Å². The van der Waals surface area contributed by atoms with Gasteiger partial charge in [0.15, 0.2) is 5.96 Å². The van der Waals surface area contributed by atoms with Crippen LogP contribution in [0, 0.1) is 0 Å². The predicted octanol–water partition coefficient (Wildman–Crippen LogP) is 1.36. The summed E-state index contributed by atoms with van der Waals surface area (Å²) in [6.07, 6.45) is 9.79. The molecule has 1 unspecified atom stereocenters. The summed E-state index contributed by atoms with van der Waals surface area (Å²) >= 11 is 0. The molecule has 1 amide bonds. The number of carbonyl (C=O) groups is 1. The molecular formula is C21H42N6O. The van der Waals surface area contributed by atoms with E-state index in [1.54, 1.807) is 4.90 Å². The Bertz CT molecular complexity index is 474. The minimum Gasteiger partial charge on any atom is -0.356 e. The summed E-state index contributed by atoms with van der Waals surface area (Å²) in [4.78, 5) is 23.2. The molecule has 0 bridgehead atoms. The average molecular weight is 395 g/mol. The molecule has 162 valence electrons. The Kier molecular flexibility index (Phi) is 10.6. The van der Waals surface area contributed by atoms with Crippen LogP contribution in [0.3, 0.4) is 0 Å². The smallest absolute Gasteiger partial charge is 0.239 e. The Balaban J connectivity index is 1.56. The van der Waals surface area contributed by atoms with Gasteiger partial charge < -0.3 is 20.4 Å². The highest BCUT2D eigenvalue weighted by atomic mass is 16.2. The fraction of sp³-hybridized carbons (Fsp3) is 0.905. The third-order valence-corrected chi connectivity index (χ3v) is 5.87. The SMILES string of the molecule is CN=C(NCCCN1CCCCCC1)NCCCN1CCCC1C(=O)N(C)C. The zero-order valence-electron chi connectivity index (χ0n) is 18.4. The van der Waals surface area contributed by atoms with Crippen LogP contribution < -0.4 is 10.6 Å². The minimum atomic E-state index is 0.0754. The van der Waals surface area contributed by atoms with Crippen LogP contribution in [0.2, 0.25) is 0 Å². The summed E-state index contributed by atoms with van der Waals surface area (Å²) in [7, 11) is 5.53. The van der Waals surface area contributed by atoms with E-state index in [1.165, 1.54) is 45.3 Å². The first-order valence-electron chi connectivity index (χ1n) is 11.2. The fourth-order valence-electron chi connectivity index (χ4n) is 4.25. The van der Waals surface area contributed by atoms with Crippen molar-refractivity contribution in [2.75, 3.05) is 67.0 Å². The molecule has 2 aliphatic heterocycles. The number of nitrogens with one attached hydrogen (secondary N) is 2. The normalized spacial score (nSPS) is 22.1. The molecule has 2 fully saturated rings. The molecule has 0 aromatic carbocycles. The lowest BCUT2D eigenvalue weighted by Gasteiger charge is -2.26. The van der Waals surface area contributed by atoms with Gasteiger partial charge in [-0.2, -0.15) is 0 Å². The molecule has 0 aliphatic carbocycles. The van der Waals surface area contributed by atoms with Gasteiger partial charge in [0.05, 0.1) is 6.04 Å². The second-order valence-electron chi connectivity index (χ2n) is 8.32. The van der Waals surface area contributed by atoms with Gasteiger partial charge in [0.2, 0.25) is 5.91 Å². The average Bonchev–Trinajstić information content (AvgIpc) is 3.00. The molecule has 1 atom stereocenters. The predicted molar refractivity (Wildman–Crippen MR) is 117 cm³/mol. The molecule has 2 aliphatic rings. The van der Waals surface area contributed by atoms with Gasteiger partial charge in [-0.3, -0.25) is 14.7 Å². The highest BCUT2D eigenvalue weighted by Crippen LogP contribution is 2.18. The maximum absolute atomic E-state index is 12.3. The number of likely N-dealkylation sites (tertiary alicyclic amines) is 2. The maximum atomic E-state index is 12.3. The van der Waals surface area contributed by atoms with Crippen molar-refractivity contribution in [2.24, 2.45) is 4.99 Å². The number of aliphatic imine (C=N–C) groups is 1. The molecule has 0 spiro atoms. The molecule has 2 heterocycles. The molecule has 0 radical (unpaired) electrons. The van der Waals surface area contributed by atoms with E-state index in [0.29, 0.717) is 0 Å². The third-order valence-electron chi connectivity index (χ3n) is 5.87. The van der Waals surface area contributed by atoms with Gasteiger partial charge in [-0.05, 0) is 64.7 Å². The number of hydrogen-bond acceptors (Lipinski definition) is 4. The first-order chi connectivity index (χ1) is 13.6. The highest BCUT2D eigenvalue weighted by Gasteiger charge is 2.30. The number of guanidine groups is 1. The molecule has 7 nitrogen and oxygen atoms in total. The molecule has 0 saturated carbocycles. The monoisotopic (exact) mass is 394 g/mol. The van der Waals surface area contributed by atoms with E-state index in [1.807, 2.05) is 21.1 Å². The Morgan fingerprint density at radius 3 is 2.21 bits per heavy atom. The standard InChI is InChI=1S/C21H42N6O/c1-22-21(23-12-9-16-26-14-6-4-5-7-15-26)24-13-10-18-27-17-8-11-19(27)20(28)25(2)3/h19H,4-18H2,1-3H3,(H2,22,23,24). The van der Waals surface area contributed by atoms with Crippen LogP contribution in [-0.2, 0) is 4.79 Å². The quantitative estimate of drug-likeness (QED) is 0.351. The summed E-state index contributed by atoms with van der Waals surface area (Å²) in [6, 6.07) is 0.0754. The van der Waals surface area contributed by atoms with Crippen molar-refractivity contribution >= 4 is 11.9 Å². The summed E-state index contributed by atoms with van der Waals surface area (Å²) < 4.78 is 0. The number of carbonyl (C=O) groups excluding carboxylic acids is 1. The van der Waals surface area contributed by atoms with Crippen LogP contribution in [0.15, 0.2) is 4.99 Å². The first kappa shape index (κ1) is 22.9. The van der Waals surface area contributed by atoms with Crippen LogP contribution in [0.5, 0.6) is 0 Å². The van der Waals surface area contributed by atoms with Gasteiger partial charge in [-0.25, -0.2) is 0 Å². The lowest BCUT2D eigenvalue weighted by Crippen LogP contribution is -2.44. The number of rotatable bonds is 9. The Morgan fingerprint density at radius 1 is 0.964 bits per heavy atom. The summed E-state index contributed by atoms with van der Waals surface area (Å²) in [5, 5.41) is 6.84. The van der Waals surface area contributed by atoms with Crippen LogP contribution in [0.25, 0.3) is 0 Å². The largest absolute Gasteiger partial charge is 0.356 e. The van der Waals surface area contributed by atoms with Gasteiger partial charge in [0.25, 0.3) is 0 Å². The van der Waals surface area contributed by atoms with E-state index in [-0.39, 0.29) is 11.9 Å². The summed E-state index contributed by atoms with van der Waals surface area (Å²) in [5.41, 5.74) is 0. The van der Waals surface area contributed by atoms with E-state index in [4.69, 9.17) is 0 Å². The van der Waals surface area contributed by atoms with Crippen molar-refractivity contribution in [3.05, 3.63) is 0 Å². The minimum absolute atomic E-state index is 0.0754. The number of amides is 1. The lowest BCUT2D eigenvalue weighted by molar-refractivity contribution is -0.133. The van der Waals surface area contributed by atoms with Crippen molar-refractivity contribution in [1.82, 2.24) is 25.3 Å². The van der Waals surface area contributed by atoms with Crippen molar-refractivity contribution in [2.45, 2.75) is 57.4 Å². The molecule has 2 N–H and O–H groups in total. The topological polar surface area (TPSA) is 63.2 Å². The second-order valence-corrected chi connectivity index (χ2v) is 8.32. The molecule has 7 heteroatoms. The summed E-state index contributed by atoms with van der Waals surface area (Å²) in [5.74, 6) is 1.13. The second kappa shape index (κ2) is 13.0. The van der Waals surface area contributed by atoms with E-state index in [0.717, 1.165) is 57.8 Å². The molecule has 2 rings (SSSR count). The molecule has 0 aromatic heterocycles. The van der Waals surface area contributed by atoms with Crippen LogP contribution in [-0.4, -0.2) is 99.6 Å². The zero-order valence-corrected chi connectivity index (χ0v) is 18.4. The van der Waals surface area contributed by atoms with Gasteiger partial charge in [-0.1, -0.05) is 12.8 Å². The van der Waals surface area contributed by atoms with Gasteiger partial charge in [0, 0.05) is 40.8 Å². The first-order valence-corrected chi connectivity index (χ1v) is 11.2. The van der Waals surface area contributed by atoms with Crippen molar-refractivity contribution in [3.63, 3.8) is 0 Å². The van der Waals surface area contributed by atoms with Crippen molar-refractivity contribution in [3.8, 4) is 0 Å². The molecule has 28 heavy (non-hydrogen) atoms. The van der Waals surface area contributed by atoms with Gasteiger partial charge in [0.1, 0.15) is 0 Å². The number of nitrogens with zero attached hydrogens (tertiary/aromatic N) is 4. The molecular weight excluding hydrogens is 352 g/mol. The fourth-order valence-corrected chi connectivity index (χ4v) is 4.25. The zero-order chi connectivity index (χ0) is 20.2. The maximum Gasteiger partial charge on any atom is 0.239 e. The van der Waals surface area contributed by atoms with E-state index in [9.17, 15) is 4.79 Å². The van der Waals surface area contributed by atoms with Crippen molar-refractivity contribution in [1.29, 1.82) is 0 Å². The van der Waals surface area contributed by atoms with Gasteiger partial charge >= 0.3 is 0 Å². The summed E-state index contributed by atoms with van der Waals surface area (Å²) in [6.45, 7) is 7.55. The van der Waals surface area contributed by atoms with Crippen LogP contribution >= 0.6 is 0 Å². The van der Waals surface area contributed by atoms with E-state index in [2.05, 4.69) is 25.4 Å². The Labute approximate surface area is 171 Å². The molecule has 2 saturated heterocycles. The highest BCUT2D eigenvalue weighted by molar-refractivity contribution is 5.81. The van der Waals surface area contributed by atoms with E-state index >= 15 is 0 Å². The van der Waals surface area contributed by atoms with Crippen molar-refractivity contribution < 1.29 is 4.79 Å². The third kappa shape index (κ3) is 7.95. The molecule has 0 aromatic rings. The van der Waals surface area contributed by atoms with E-state index < -0.39 is 0 Å². The Morgan fingerprint density at radius 2 is 1.61 bits per heavy atom. The van der Waals surface area contributed by atoms with Crippen LogP contribution in [0.4, 0.5) is 0 Å². The Hall–Kier alpha value is -1.34. The van der Waals surface area contributed by atoms with Crippen LogP contribution in [0.1, 0.15) is 51.4 Å².